The molecule has 0 aromatic heterocycles. The second kappa shape index (κ2) is 4.09. The van der Waals surface area contributed by atoms with E-state index in [0.29, 0.717) is 12.5 Å². The van der Waals surface area contributed by atoms with Gasteiger partial charge in [-0.1, -0.05) is 20.3 Å². The molecule has 1 nitrogen and oxygen atoms in total. The zero-order chi connectivity index (χ0) is 10.8. The number of rotatable bonds is 4. The molecular weight excluding hydrogens is 191 g/mol. The molecule has 1 N–H and O–H groups in total. The van der Waals surface area contributed by atoms with Crippen LogP contribution in [-0.4, -0.2) is 19.3 Å². The van der Waals surface area contributed by atoms with Crippen molar-refractivity contribution in [1.82, 2.24) is 5.32 Å². The van der Waals surface area contributed by atoms with E-state index in [1.165, 1.54) is 0 Å². The van der Waals surface area contributed by atoms with E-state index in [9.17, 15) is 13.2 Å². The van der Waals surface area contributed by atoms with E-state index in [1.807, 2.05) is 0 Å². The third-order valence-corrected chi connectivity index (χ3v) is 3.38. The molecule has 1 aliphatic rings. The summed E-state index contributed by atoms with van der Waals surface area (Å²) in [4.78, 5) is 0. The second-order valence-corrected chi connectivity index (χ2v) is 4.59. The fraction of sp³-hybridized carbons (Fsp3) is 1.00. The average molecular weight is 209 g/mol. The monoisotopic (exact) mass is 209 g/mol. The summed E-state index contributed by atoms with van der Waals surface area (Å²) in [5.74, 6) is 0.469. The van der Waals surface area contributed by atoms with Gasteiger partial charge in [-0.2, -0.15) is 13.2 Å². The van der Waals surface area contributed by atoms with Gasteiger partial charge in [0.25, 0.3) is 0 Å². The molecule has 1 fully saturated rings. The molecule has 0 spiro atoms. The Morgan fingerprint density at radius 2 is 1.86 bits per heavy atom. The molecule has 0 radical (unpaired) electrons. The highest BCUT2D eigenvalue weighted by Gasteiger charge is 2.40. The van der Waals surface area contributed by atoms with E-state index < -0.39 is 12.7 Å². The molecule has 1 rings (SSSR count). The van der Waals surface area contributed by atoms with Crippen molar-refractivity contribution in [2.75, 3.05) is 13.1 Å². The van der Waals surface area contributed by atoms with Gasteiger partial charge in [0.2, 0.25) is 0 Å². The molecule has 0 amide bonds. The van der Waals surface area contributed by atoms with Crippen molar-refractivity contribution in [1.29, 1.82) is 0 Å². The molecule has 0 saturated heterocycles. The Hall–Kier alpha value is -0.250. The fourth-order valence-electron chi connectivity index (χ4n) is 2.04. The van der Waals surface area contributed by atoms with Gasteiger partial charge < -0.3 is 5.32 Å². The van der Waals surface area contributed by atoms with Gasteiger partial charge in [-0.15, -0.1) is 0 Å². The Kier molecular flexibility index (Phi) is 3.45. The first-order valence-corrected chi connectivity index (χ1v) is 5.13. The number of nitrogens with one attached hydrogen (secondary N) is 1. The molecular formula is C10H18F3N. The van der Waals surface area contributed by atoms with E-state index >= 15 is 0 Å². The normalized spacial score (nSPS) is 21.0. The second-order valence-electron chi connectivity index (χ2n) is 4.59. The summed E-state index contributed by atoms with van der Waals surface area (Å²) in [5.41, 5.74) is 0.130. The van der Waals surface area contributed by atoms with Gasteiger partial charge in [0.15, 0.2) is 0 Å². The van der Waals surface area contributed by atoms with Crippen molar-refractivity contribution >= 4 is 0 Å². The number of alkyl halides is 3. The Labute approximate surface area is 83.1 Å². The highest BCUT2D eigenvalue weighted by atomic mass is 19.4. The molecule has 0 atom stereocenters. The first-order valence-electron chi connectivity index (χ1n) is 5.13. The van der Waals surface area contributed by atoms with Crippen molar-refractivity contribution < 1.29 is 13.2 Å². The molecule has 4 heteroatoms. The van der Waals surface area contributed by atoms with Gasteiger partial charge in [-0.05, 0) is 24.2 Å². The molecule has 0 unspecified atom stereocenters. The lowest BCUT2D eigenvalue weighted by atomic mass is 9.62. The van der Waals surface area contributed by atoms with Crippen LogP contribution >= 0.6 is 0 Å². The van der Waals surface area contributed by atoms with Crippen LogP contribution in [0.25, 0.3) is 0 Å². The maximum Gasteiger partial charge on any atom is 0.401 e. The van der Waals surface area contributed by atoms with Gasteiger partial charge >= 0.3 is 6.18 Å². The van der Waals surface area contributed by atoms with E-state index in [4.69, 9.17) is 0 Å². The zero-order valence-electron chi connectivity index (χ0n) is 8.75. The van der Waals surface area contributed by atoms with Crippen LogP contribution < -0.4 is 5.32 Å². The Balaban J connectivity index is 2.29. The van der Waals surface area contributed by atoms with Crippen LogP contribution in [-0.2, 0) is 0 Å². The van der Waals surface area contributed by atoms with Gasteiger partial charge in [0.1, 0.15) is 0 Å². The third-order valence-electron chi connectivity index (χ3n) is 3.38. The first-order chi connectivity index (χ1) is 6.36. The molecule has 0 aliphatic heterocycles. The summed E-state index contributed by atoms with van der Waals surface area (Å²) in [5, 5.41) is 2.52. The van der Waals surface area contributed by atoms with E-state index in [2.05, 4.69) is 19.2 Å². The van der Waals surface area contributed by atoms with E-state index in [1.54, 1.807) is 0 Å². The first kappa shape index (κ1) is 11.8. The summed E-state index contributed by atoms with van der Waals surface area (Å²) in [6.07, 6.45) is -0.793. The van der Waals surface area contributed by atoms with Crippen LogP contribution in [0.4, 0.5) is 13.2 Å². The highest BCUT2D eigenvalue weighted by molar-refractivity contribution is 4.92. The van der Waals surface area contributed by atoms with Crippen molar-refractivity contribution in [3.05, 3.63) is 0 Å². The lowest BCUT2D eigenvalue weighted by molar-refractivity contribution is -0.127. The molecule has 0 heterocycles. The zero-order valence-corrected chi connectivity index (χ0v) is 8.75. The lowest BCUT2D eigenvalue weighted by Crippen LogP contribution is -2.45. The largest absolute Gasteiger partial charge is 0.401 e. The predicted octanol–water partition coefficient (Wildman–Crippen LogP) is 2.96. The van der Waals surface area contributed by atoms with Crippen molar-refractivity contribution in [3.8, 4) is 0 Å². The topological polar surface area (TPSA) is 12.0 Å². The average Bonchev–Trinajstić information content (AvgIpc) is 1.91. The summed E-state index contributed by atoms with van der Waals surface area (Å²) in [7, 11) is 0. The number of hydrogen-bond acceptors (Lipinski definition) is 1. The lowest BCUT2D eigenvalue weighted by Gasteiger charge is -2.46. The summed E-state index contributed by atoms with van der Waals surface area (Å²) in [6, 6.07) is 0. The summed E-state index contributed by atoms with van der Waals surface area (Å²) >= 11 is 0. The third kappa shape index (κ3) is 2.87. The Bertz CT molecular complexity index is 182. The Morgan fingerprint density at radius 3 is 2.14 bits per heavy atom. The van der Waals surface area contributed by atoms with Gasteiger partial charge in [0, 0.05) is 6.54 Å². The van der Waals surface area contributed by atoms with Crippen LogP contribution in [0, 0.1) is 11.3 Å². The number of halogens is 3. The summed E-state index contributed by atoms with van der Waals surface area (Å²) in [6.45, 7) is 3.83. The van der Waals surface area contributed by atoms with E-state index in [-0.39, 0.29) is 5.41 Å². The van der Waals surface area contributed by atoms with Crippen LogP contribution in [0.1, 0.15) is 33.1 Å². The van der Waals surface area contributed by atoms with Gasteiger partial charge in [0.05, 0.1) is 6.54 Å². The molecule has 84 valence electrons. The predicted molar refractivity (Wildman–Crippen MR) is 50.0 cm³/mol. The number of hydrogen-bond donors (Lipinski definition) is 1. The van der Waals surface area contributed by atoms with Crippen LogP contribution in [0.15, 0.2) is 0 Å². The molecule has 0 aromatic rings. The Morgan fingerprint density at radius 1 is 1.29 bits per heavy atom. The molecule has 0 aromatic carbocycles. The quantitative estimate of drug-likeness (QED) is 0.750. The maximum absolute atomic E-state index is 11.9. The molecule has 1 aliphatic carbocycles. The van der Waals surface area contributed by atoms with Crippen molar-refractivity contribution in [3.63, 3.8) is 0 Å². The fourth-order valence-corrected chi connectivity index (χ4v) is 2.04. The summed E-state index contributed by atoms with van der Waals surface area (Å²) < 4.78 is 35.7. The molecule has 14 heavy (non-hydrogen) atoms. The minimum Gasteiger partial charge on any atom is -0.308 e. The minimum atomic E-state index is -4.08. The van der Waals surface area contributed by atoms with Crippen LogP contribution in [0.3, 0.4) is 0 Å². The van der Waals surface area contributed by atoms with Crippen LogP contribution in [0.2, 0.25) is 0 Å². The standard InChI is InChI=1S/C10H18F3N/c1-8(2)9(4-3-5-9)6-14-7-10(11,12)13/h8,14H,3-7H2,1-2H3. The maximum atomic E-state index is 11.9. The van der Waals surface area contributed by atoms with Gasteiger partial charge in [-0.25, -0.2) is 0 Å². The minimum absolute atomic E-state index is 0.130. The van der Waals surface area contributed by atoms with Crippen LogP contribution in [0.5, 0.6) is 0 Å². The SMILES string of the molecule is CC(C)C1(CNCC(F)(F)F)CCC1. The van der Waals surface area contributed by atoms with Gasteiger partial charge in [-0.3, -0.25) is 0 Å². The molecule has 0 bridgehead atoms. The van der Waals surface area contributed by atoms with Crippen molar-refractivity contribution in [2.24, 2.45) is 11.3 Å². The smallest absolute Gasteiger partial charge is 0.308 e. The van der Waals surface area contributed by atoms with E-state index in [0.717, 1.165) is 19.3 Å². The van der Waals surface area contributed by atoms with Crippen molar-refractivity contribution in [2.45, 2.75) is 39.3 Å². The highest BCUT2D eigenvalue weighted by Crippen LogP contribution is 2.46. The molecule has 1 saturated carbocycles.